The molecule has 12 heteroatoms. The molecule has 4 aromatic rings. The fourth-order valence-electron chi connectivity index (χ4n) is 3.82. The highest BCUT2D eigenvalue weighted by molar-refractivity contribution is 5.98. The van der Waals surface area contributed by atoms with Crippen LogP contribution in [0, 0.1) is 5.82 Å². The Labute approximate surface area is 188 Å². The highest BCUT2D eigenvalue weighted by Crippen LogP contribution is 2.35. The standard InChI is InChI=1S/C22H17F6N5O/c1-2-32(18(19(24)25)13-5-4-12(8-14(13)23)22(26,27)28)21(34)11-3-6-15-16(7-11)33-10-30-9-17(33)20(29)31-15/h3-10,18-19H,2H2,1H3,(H2,29,31)/t18-/m0/s1. The van der Waals surface area contributed by atoms with Crippen molar-refractivity contribution >= 4 is 28.3 Å². The van der Waals surface area contributed by atoms with E-state index in [4.69, 9.17) is 5.73 Å². The molecule has 0 saturated carbocycles. The summed E-state index contributed by atoms with van der Waals surface area (Å²) in [5, 5.41) is 0. The van der Waals surface area contributed by atoms with Crippen LogP contribution in [0.5, 0.6) is 0 Å². The number of aromatic nitrogens is 3. The smallest absolute Gasteiger partial charge is 0.382 e. The van der Waals surface area contributed by atoms with Crippen LogP contribution >= 0.6 is 0 Å². The second kappa shape index (κ2) is 8.50. The summed E-state index contributed by atoms with van der Waals surface area (Å²) < 4.78 is 82.9. The third kappa shape index (κ3) is 3.99. The first-order chi connectivity index (χ1) is 16.0. The van der Waals surface area contributed by atoms with E-state index in [-0.39, 0.29) is 24.0 Å². The lowest BCUT2D eigenvalue weighted by atomic mass is 10.0. The zero-order valence-corrected chi connectivity index (χ0v) is 17.5. The van der Waals surface area contributed by atoms with Crippen LogP contribution in [0.3, 0.4) is 0 Å². The van der Waals surface area contributed by atoms with Gasteiger partial charge in [0.15, 0.2) is 0 Å². The van der Waals surface area contributed by atoms with E-state index >= 15 is 0 Å². The van der Waals surface area contributed by atoms with E-state index in [0.29, 0.717) is 33.6 Å². The van der Waals surface area contributed by atoms with Crippen molar-refractivity contribution in [2.75, 3.05) is 12.3 Å². The fraction of sp³-hybridized carbons (Fsp3) is 0.227. The van der Waals surface area contributed by atoms with E-state index < -0.39 is 41.5 Å². The maximum absolute atomic E-state index is 14.5. The van der Waals surface area contributed by atoms with Crippen LogP contribution in [0.25, 0.3) is 16.6 Å². The molecule has 0 unspecified atom stereocenters. The summed E-state index contributed by atoms with van der Waals surface area (Å²) >= 11 is 0. The molecule has 0 radical (unpaired) electrons. The van der Waals surface area contributed by atoms with Crippen LogP contribution < -0.4 is 5.73 Å². The van der Waals surface area contributed by atoms with Gasteiger partial charge in [-0.15, -0.1) is 0 Å². The Morgan fingerprint density at radius 1 is 1.15 bits per heavy atom. The number of amides is 1. The molecule has 2 aromatic heterocycles. The minimum atomic E-state index is -4.85. The molecular weight excluding hydrogens is 464 g/mol. The Balaban J connectivity index is 1.77. The van der Waals surface area contributed by atoms with Gasteiger partial charge in [0.1, 0.15) is 23.2 Å². The van der Waals surface area contributed by atoms with Crippen molar-refractivity contribution in [3.05, 3.63) is 71.4 Å². The quantitative estimate of drug-likeness (QED) is 0.403. The number of halogens is 6. The van der Waals surface area contributed by atoms with E-state index in [1.165, 1.54) is 37.6 Å². The van der Waals surface area contributed by atoms with Crippen molar-refractivity contribution in [1.82, 2.24) is 19.3 Å². The summed E-state index contributed by atoms with van der Waals surface area (Å²) in [5.41, 5.74) is 5.17. The second-order valence-corrected chi connectivity index (χ2v) is 7.45. The number of benzene rings is 2. The number of nitrogens with zero attached hydrogens (tertiary/aromatic N) is 4. The van der Waals surface area contributed by atoms with Gasteiger partial charge < -0.3 is 10.6 Å². The normalized spacial score (nSPS) is 13.1. The minimum absolute atomic E-state index is 0.00566. The Bertz CT molecular complexity index is 1380. The zero-order chi connectivity index (χ0) is 24.8. The summed E-state index contributed by atoms with van der Waals surface area (Å²) in [6, 6.07) is 3.42. The Morgan fingerprint density at radius 2 is 1.88 bits per heavy atom. The number of carbonyl (C=O) groups excluding carboxylic acids is 1. The van der Waals surface area contributed by atoms with Crippen LogP contribution in [0.4, 0.5) is 32.2 Å². The van der Waals surface area contributed by atoms with E-state index in [1.807, 2.05) is 0 Å². The highest BCUT2D eigenvalue weighted by atomic mass is 19.4. The van der Waals surface area contributed by atoms with Gasteiger partial charge in [-0.25, -0.2) is 23.1 Å². The van der Waals surface area contributed by atoms with Gasteiger partial charge in [-0.3, -0.25) is 9.20 Å². The van der Waals surface area contributed by atoms with Crippen molar-refractivity contribution in [2.24, 2.45) is 0 Å². The van der Waals surface area contributed by atoms with E-state index in [2.05, 4.69) is 9.97 Å². The molecular formula is C22H17F6N5O. The molecule has 2 heterocycles. The zero-order valence-electron chi connectivity index (χ0n) is 17.5. The van der Waals surface area contributed by atoms with Gasteiger partial charge in [-0.1, -0.05) is 6.07 Å². The Hall–Kier alpha value is -3.83. The van der Waals surface area contributed by atoms with Crippen molar-refractivity contribution in [3.8, 4) is 0 Å². The van der Waals surface area contributed by atoms with Crippen LogP contribution in [-0.4, -0.2) is 38.1 Å². The molecule has 0 saturated heterocycles. The largest absolute Gasteiger partial charge is 0.416 e. The molecule has 0 aliphatic heterocycles. The van der Waals surface area contributed by atoms with Crippen molar-refractivity contribution < 1.29 is 31.1 Å². The van der Waals surface area contributed by atoms with Gasteiger partial charge >= 0.3 is 6.18 Å². The molecule has 178 valence electrons. The maximum Gasteiger partial charge on any atom is 0.416 e. The lowest BCUT2D eigenvalue weighted by Gasteiger charge is -2.31. The number of fused-ring (bicyclic) bond motifs is 3. The first kappa shape index (κ1) is 23.3. The number of rotatable bonds is 5. The summed E-state index contributed by atoms with van der Waals surface area (Å²) in [7, 11) is 0. The first-order valence-corrected chi connectivity index (χ1v) is 10.00. The van der Waals surface area contributed by atoms with Gasteiger partial charge in [-0.2, -0.15) is 13.2 Å². The van der Waals surface area contributed by atoms with Crippen molar-refractivity contribution in [1.29, 1.82) is 0 Å². The molecule has 6 nitrogen and oxygen atoms in total. The van der Waals surface area contributed by atoms with Crippen LogP contribution in [0.15, 0.2) is 48.9 Å². The average Bonchev–Trinajstić information content (AvgIpc) is 3.27. The number of imidazole rings is 1. The SMILES string of the molecule is CCN(C(=O)c1ccc2nc(N)c3cncn3c2c1)[C@@H](c1ccc(C(F)(F)F)cc1F)C(F)F. The Kier molecular flexibility index (Phi) is 5.84. The number of hydrogen-bond acceptors (Lipinski definition) is 4. The van der Waals surface area contributed by atoms with Crippen molar-refractivity contribution in [2.45, 2.75) is 25.6 Å². The lowest BCUT2D eigenvalue weighted by molar-refractivity contribution is -0.137. The van der Waals surface area contributed by atoms with Crippen LogP contribution in [0.1, 0.15) is 34.5 Å². The molecule has 0 spiro atoms. The maximum atomic E-state index is 14.5. The summed E-state index contributed by atoms with van der Waals surface area (Å²) in [5.74, 6) is -2.14. The molecule has 0 aliphatic carbocycles. The van der Waals surface area contributed by atoms with Gasteiger partial charge in [0.05, 0.1) is 29.1 Å². The molecule has 2 N–H and O–H groups in total. The number of hydrogen-bond donors (Lipinski definition) is 1. The number of nitrogens with two attached hydrogens (primary N) is 1. The van der Waals surface area contributed by atoms with E-state index in [1.54, 1.807) is 4.40 Å². The van der Waals surface area contributed by atoms with Crippen LogP contribution in [0.2, 0.25) is 0 Å². The average molecular weight is 481 g/mol. The first-order valence-electron chi connectivity index (χ1n) is 10.00. The molecule has 0 fully saturated rings. The lowest BCUT2D eigenvalue weighted by Crippen LogP contribution is -2.39. The second-order valence-electron chi connectivity index (χ2n) is 7.45. The summed E-state index contributed by atoms with van der Waals surface area (Å²) in [6.07, 6.45) is -5.20. The topological polar surface area (TPSA) is 76.5 Å². The van der Waals surface area contributed by atoms with Gasteiger partial charge in [0.25, 0.3) is 12.3 Å². The monoisotopic (exact) mass is 481 g/mol. The van der Waals surface area contributed by atoms with E-state index in [0.717, 1.165) is 0 Å². The number of anilines is 1. The third-order valence-electron chi connectivity index (χ3n) is 5.45. The number of alkyl halides is 5. The highest BCUT2D eigenvalue weighted by Gasteiger charge is 2.37. The predicted octanol–water partition coefficient (Wildman–Crippen LogP) is 5.09. The molecule has 0 aliphatic rings. The molecule has 2 aromatic carbocycles. The van der Waals surface area contributed by atoms with Gasteiger partial charge in [-0.05, 0) is 37.3 Å². The molecule has 1 amide bonds. The van der Waals surface area contributed by atoms with E-state index in [9.17, 15) is 31.1 Å². The number of nitrogen functional groups attached to an aromatic ring is 1. The Morgan fingerprint density at radius 3 is 2.50 bits per heavy atom. The summed E-state index contributed by atoms with van der Waals surface area (Å²) in [6.45, 7) is 1.15. The molecule has 1 atom stereocenters. The summed E-state index contributed by atoms with van der Waals surface area (Å²) in [4.78, 5) is 22.2. The van der Waals surface area contributed by atoms with Crippen molar-refractivity contribution in [3.63, 3.8) is 0 Å². The predicted molar refractivity (Wildman–Crippen MR) is 112 cm³/mol. The van der Waals surface area contributed by atoms with Crippen LogP contribution in [-0.2, 0) is 6.18 Å². The third-order valence-corrected chi connectivity index (χ3v) is 5.45. The molecule has 34 heavy (non-hydrogen) atoms. The van der Waals surface area contributed by atoms with Gasteiger partial charge in [0.2, 0.25) is 0 Å². The molecule has 0 bridgehead atoms. The number of carbonyl (C=O) groups is 1. The molecule has 4 rings (SSSR count). The van der Waals surface area contributed by atoms with Gasteiger partial charge in [0, 0.05) is 17.7 Å². The minimum Gasteiger partial charge on any atom is -0.382 e. The fourth-order valence-corrected chi connectivity index (χ4v) is 3.82.